The molecule has 0 unspecified atom stereocenters. The van der Waals surface area contributed by atoms with Crippen LogP contribution in [0.15, 0.2) is 41.3 Å². The number of carbonyl (C=O) groups excluding carboxylic acids is 1. The van der Waals surface area contributed by atoms with E-state index < -0.39 is 21.7 Å². The molecule has 3 aromatic rings. The zero-order valence-corrected chi connectivity index (χ0v) is 17.6. The average molecular weight is 451 g/mol. The van der Waals surface area contributed by atoms with Crippen molar-refractivity contribution in [2.75, 3.05) is 43.6 Å². The van der Waals surface area contributed by atoms with Gasteiger partial charge in [-0.2, -0.15) is 0 Å². The van der Waals surface area contributed by atoms with E-state index in [2.05, 4.69) is 19.9 Å². The number of aromatic nitrogens is 1. The van der Waals surface area contributed by atoms with Crippen molar-refractivity contribution in [2.24, 2.45) is 0 Å². The molecule has 8 nitrogen and oxygen atoms in total. The number of amides is 1. The molecular weight excluding hydrogens is 431 g/mol. The SMILES string of the molecule is CNS(=O)(=O)c1ccc(F)c(C(=O)Nc2ccc3nc(N4CCOCC4)sc3c2)c1. The fourth-order valence-corrected chi connectivity index (χ4v) is 4.85. The van der Waals surface area contributed by atoms with Gasteiger partial charge in [-0.3, -0.25) is 4.79 Å². The average Bonchev–Trinajstić information content (AvgIpc) is 3.18. The Bertz CT molecular complexity index is 1210. The zero-order chi connectivity index (χ0) is 21.3. The van der Waals surface area contributed by atoms with E-state index in [1.54, 1.807) is 18.2 Å². The molecule has 1 aromatic heterocycles. The van der Waals surface area contributed by atoms with Crippen LogP contribution < -0.4 is 14.9 Å². The molecule has 0 radical (unpaired) electrons. The second-order valence-electron chi connectivity index (χ2n) is 6.58. The minimum atomic E-state index is -3.80. The number of rotatable bonds is 5. The van der Waals surface area contributed by atoms with Gasteiger partial charge >= 0.3 is 0 Å². The topological polar surface area (TPSA) is 101 Å². The molecule has 0 spiro atoms. The van der Waals surface area contributed by atoms with E-state index in [4.69, 9.17) is 4.74 Å². The Morgan fingerprint density at radius 3 is 2.70 bits per heavy atom. The zero-order valence-electron chi connectivity index (χ0n) is 16.0. The molecule has 0 atom stereocenters. The fourth-order valence-electron chi connectivity index (χ4n) is 3.04. The molecule has 0 saturated carbocycles. The first-order valence-corrected chi connectivity index (χ1v) is 11.4. The number of benzene rings is 2. The lowest BCUT2D eigenvalue weighted by atomic mass is 10.2. The van der Waals surface area contributed by atoms with Gasteiger partial charge in [-0.1, -0.05) is 11.3 Å². The summed E-state index contributed by atoms with van der Waals surface area (Å²) in [6.45, 7) is 2.86. The van der Waals surface area contributed by atoms with Gasteiger partial charge in [0.1, 0.15) is 5.82 Å². The number of morpholine rings is 1. The minimum absolute atomic E-state index is 0.190. The van der Waals surface area contributed by atoms with Crippen molar-refractivity contribution in [2.45, 2.75) is 4.90 Å². The number of hydrogen-bond acceptors (Lipinski definition) is 7. The van der Waals surface area contributed by atoms with Gasteiger partial charge in [-0.05, 0) is 43.4 Å². The third-order valence-corrected chi connectivity index (χ3v) is 7.17. The summed E-state index contributed by atoms with van der Waals surface area (Å²) in [5.74, 6) is -1.55. The summed E-state index contributed by atoms with van der Waals surface area (Å²) >= 11 is 1.50. The number of nitrogens with one attached hydrogen (secondary N) is 2. The van der Waals surface area contributed by atoms with E-state index >= 15 is 0 Å². The van der Waals surface area contributed by atoms with Crippen molar-refractivity contribution in [1.29, 1.82) is 0 Å². The number of carbonyl (C=O) groups is 1. The Hall–Kier alpha value is -2.60. The second-order valence-corrected chi connectivity index (χ2v) is 9.48. The molecule has 4 rings (SSSR count). The number of sulfonamides is 1. The lowest BCUT2D eigenvalue weighted by Crippen LogP contribution is -2.36. The first kappa shape index (κ1) is 20.7. The number of nitrogens with zero attached hydrogens (tertiary/aromatic N) is 2. The highest BCUT2D eigenvalue weighted by Gasteiger charge is 2.19. The van der Waals surface area contributed by atoms with Crippen LogP contribution in [-0.2, 0) is 14.8 Å². The number of halogens is 1. The number of fused-ring (bicyclic) bond motifs is 1. The van der Waals surface area contributed by atoms with E-state index in [0.717, 1.165) is 46.6 Å². The van der Waals surface area contributed by atoms with Crippen LogP contribution in [0, 0.1) is 5.82 Å². The van der Waals surface area contributed by atoms with Crippen LogP contribution in [0.5, 0.6) is 0 Å². The van der Waals surface area contributed by atoms with E-state index in [1.807, 2.05) is 0 Å². The van der Waals surface area contributed by atoms with Crippen LogP contribution in [0.1, 0.15) is 10.4 Å². The Balaban J connectivity index is 1.58. The number of ether oxygens (including phenoxy) is 1. The summed E-state index contributed by atoms with van der Waals surface area (Å²) in [6.07, 6.45) is 0. The summed E-state index contributed by atoms with van der Waals surface area (Å²) in [5.41, 5.74) is 0.906. The first-order chi connectivity index (χ1) is 14.4. The molecule has 1 saturated heterocycles. The Kier molecular flexibility index (Phi) is 5.69. The van der Waals surface area contributed by atoms with Gasteiger partial charge in [0.2, 0.25) is 10.0 Å². The van der Waals surface area contributed by atoms with Crippen LogP contribution in [0.2, 0.25) is 0 Å². The van der Waals surface area contributed by atoms with Gasteiger partial charge in [0, 0.05) is 18.8 Å². The molecule has 2 N–H and O–H groups in total. The third kappa shape index (κ3) is 4.15. The largest absolute Gasteiger partial charge is 0.378 e. The lowest BCUT2D eigenvalue weighted by Gasteiger charge is -2.25. The lowest BCUT2D eigenvalue weighted by molar-refractivity contribution is 0.102. The summed E-state index contributed by atoms with van der Waals surface area (Å²) < 4.78 is 46.4. The molecule has 1 aliphatic heterocycles. The second kappa shape index (κ2) is 8.26. The van der Waals surface area contributed by atoms with Crippen molar-refractivity contribution in [1.82, 2.24) is 9.71 Å². The van der Waals surface area contributed by atoms with E-state index in [1.165, 1.54) is 18.4 Å². The van der Waals surface area contributed by atoms with Crippen molar-refractivity contribution in [3.63, 3.8) is 0 Å². The highest BCUT2D eigenvalue weighted by Crippen LogP contribution is 2.31. The minimum Gasteiger partial charge on any atom is -0.378 e. The molecule has 1 amide bonds. The van der Waals surface area contributed by atoms with Crippen LogP contribution >= 0.6 is 11.3 Å². The molecule has 2 heterocycles. The highest BCUT2D eigenvalue weighted by molar-refractivity contribution is 7.89. The van der Waals surface area contributed by atoms with E-state index in [9.17, 15) is 17.6 Å². The molecule has 30 heavy (non-hydrogen) atoms. The molecule has 1 aliphatic rings. The maximum absolute atomic E-state index is 14.2. The molecule has 158 valence electrons. The normalized spacial score (nSPS) is 14.8. The first-order valence-electron chi connectivity index (χ1n) is 9.15. The van der Waals surface area contributed by atoms with E-state index in [-0.39, 0.29) is 10.5 Å². The molecule has 1 fully saturated rings. The molecular formula is C19H19FN4O4S2. The highest BCUT2D eigenvalue weighted by atomic mass is 32.2. The summed E-state index contributed by atoms with van der Waals surface area (Å²) in [5, 5.41) is 3.51. The predicted molar refractivity (Wildman–Crippen MR) is 113 cm³/mol. The molecule has 11 heteroatoms. The maximum atomic E-state index is 14.2. The van der Waals surface area contributed by atoms with Crippen molar-refractivity contribution < 1.29 is 22.3 Å². The fraction of sp³-hybridized carbons (Fsp3) is 0.263. The Morgan fingerprint density at radius 1 is 1.20 bits per heavy atom. The van der Waals surface area contributed by atoms with Crippen molar-refractivity contribution in [3.8, 4) is 0 Å². The van der Waals surface area contributed by atoms with Crippen LogP contribution in [-0.4, -0.2) is 52.7 Å². The smallest absolute Gasteiger partial charge is 0.258 e. The van der Waals surface area contributed by atoms with Gasteiger partial charge < -0.3 is 15.0 Å². The Morgan fingerprint density at radius 2 is 1.97 bits per heavy atom. The molecule has 0 aliphatic carbocycles. The van der Waals surface area contributed by atoms with Gasteiger partial charge in [0.25, 0.3) is 5.91 Å². The van der Waals surface area contributed by atoms with Gasteiger partial charge in [0.05, 0.1) is 33.9 Å². The van der Waals surface area contributed by atoms with Crippen LogP contribution in [0.25, 0.3) is 10.2 Å². The monoisotopic (exact) mass is 450 g/mol. The predicted octanol–water partition coefficient (Wildman–Crippen LogP) is 2.43. The van der Waals surface area contributed by atoms with E-state index in [0.29, 0.717) is 18.9 Å². The Labute approximate surface area is 176 Å². The summed E-state index contributed by atoms with van der Waals surface area (Å²) in [6, 6.07) is 8.30. The van der Waals surface area contributed by atoms with Gasteiger partial charge in [-0.15, -0.1) is 0 Å². The maximum Gasteiger partial charge on any atom is 0.258 e. The molecule has 0 bridgehead atoms. The van der Waals surface area contributed by atoms with Gasteiger partial charge in [-0.25, -0.2) is 22.5 Å². The summed E-state index contributed by atoms with van der Waals surface area (Å²) in [7, 11) is -2.55. The van der Waals surface area contributed by atoms with Crippen LogP contribution in [0.3, 0.4) is 0 Å². The molecule has 2 aromatic carbocycles. The number of thiazole rings is 1. The van der Waals surface area contributed by atoms with Crippen molar-refractivity contribution >= 4 is 48.3 Å². The quantitative estimate of drug-likeness (QED) is 0.619. The van der Waals surface area contributed by atoms with Crippen LogP contribution in [0.4, 0.5) is 15.2 Å². The van der Waals surface area contributed by atoms with Crippen molar-refractivity contribution in [3.05, 3.63) is 47.8 Å². The number of anilines is 2. The van der Waals surface area contributed by atoms with Gasteiger partial charge in [0.15, 0.2) is 5.13 Å². The number of hydrogen-bond donors (Lipinski definition) is 2. The third-order valence-electron chi connectivity index (χ3n) is 4.68. The summed E-state index contributed by atoms with van der Waals surface area (Å²) in [4.78, 5) is 19.2. The standard InChI is InChI=1S/C19H19FN4O4S2/c1-21-30(26,27)13-3-4-15(20)14(11-13)18(25)22-12-2-5-16-17(10-12)29-19(23-16)24-6-8-28-9-7-24/h2-5,10-11,21H,6-9H2,1H3,(H,22,25).